The molecule has 2 heterocycles. The predicted molar refractivity (Wildman–Crippen MR) is 119 cm³/mol. The van der Waals surface area contributed by atoms with Gasteiger partial charge in [0.15, 0.2) is 17.0 Å². The number of carbonyl (C=O) groups excluding carboxylic acids is 2. The highest BCUT2D eigenvalue weighted by Crippen LogP contribution is 2.30. The quantitative estimate of drug-likeness (QED) is 0.561. The number of carbonyl (C=O) groups is 2. The maximum absolute atomic E-state index is 13.4. The van der Waals surface area contributed by atoms with Crippen LogP contribution in [0.15, 0.2) is 12.1 Å². The molecule has 0 unspecified atom stereocenters. The molecule has 3 rings (SSSR count). The maximum atomic E-state index is 13.4. The van der Waals surface area contributed by atoms with E-state index in [0.29, 0.717) is 39.6 Å². The average Bonchev–Trinajstić information content (AvgIpc) is 3.32. The molecule has 1 fully saturated rings. The maximum Gasteiger partial charge on any atom is 0.269 e. The summed E-state index contributed by atoms with van der Waals surface area (Å²) in [6.07, 6.45) is 1.07. The molecule has 30 heavy (non-hydrogen) atoms. The zero-order valence-electron chi connectivity index (χ0n) is 18.0. The number of hydrogen-bond acceptors (Lipinski definition) is 6. The van der Waals surface area contributed by atoms with E-state index >= 15 is 0 Å². The summed E-state index contributed by atoms with van der Waals surface area (Å²) in [6, 6.07) is 3.65. The number of Topliss-reactive ketones (excluding diaryl/α,β-unsaturated/α-hetero) is 1. The van der Waals surface area contributed by atoms with Crippen LogP contribution in [0.25, 0.3) is 0 Å². The second-order valence-corrected chi connectivity index (χ2v) is 9.04. The number of anilines is 1. The summed E-state index contributed by atoms with van der Waals surface area (Å²) in [5.74, 6) is 0.309. The third-order valence-corrected chi connectivity index (χ3v) is 6.96. The Morgan fingerprint density at radius 2 is 2.00 bits per heavy atom. The number of amides is 1. The third-order valence-electron chi connectivity index (χ3n) is 5.08. The molecule has 0 radical (unpaired) electrons. The summed E-state index contributed by atoms with van der Waals surface area (Å²) in [7, 11) is 0. The van der Waals surface area contributed by atoms with Crippen LogP contribution in [-0.4, -0.2) is 42.0 Å². The molecule has 0 aliphatic carbocycles. The SMILES string of the molecule is CC(=O)c1sc(N(C[C@H]2CCCO2)C(=O)[C@@H](C)Oc2cc(C)c(Cl)c(C)c2)nc1C. The summed E-state index contributed by atoms with van der Waals surface area (Å²) in [5, 5.41) is 1.19. The van der Waals surface area contributed by atoms with E-state index in [-0.39, 0.29) is 17.8 Å². The van der Waals surface area contributed by atoms with E-state index in [2.05, 4.69) is 4.98 Å². The van der Waals surface area contributed by atoms with Crippen molar-refractivity contribution in [3.63, 3.8) is 0 Å². The van der Waals surface area contributed by atoms with Crippen LogP contribution in [0.5, 0.6) is 5.75 Å². The van der Waals surface area contributed by atoms with Crippen LogP contribution in [0, 0.1) is 20.8 Å². The van der Waals surface area contributed by atoms with Crippen LogP contribution in [0.1, 0.15) is 53.2 Å². The first-order valence-corrected chi connectivity index (χ1v) is 11.2. The van der Waals surface area contributed by atoms with Crippen LogP contribution in [0.2, 0.25) is 5.02 Å². The van der Waals surface area contributed by atoms with Gasteiger partial charge < -0.3 is 9.47 Å². The van der Waals surface area contributed by atoms with Crippen LogP contribution in [-0.2, 0) is 9.53 Å². The van der Waals surface area contributed by atoms with Crippen molar-refractivity contribution in [2.24, 2.45) is 0 Å². The number of aromatic nitrogens is 1. The summed E-state index contributed by atoms with van der Waals surface area (Å²) in [6.45, 7) is 9.89. The molecule has 2 aromatic rings. The summed E-state index contributed by atoms with van der Waals surface area (Å²) >= 11 is 7.47. The molecule has 0 bridgehead atoms. The fourth-order valence-corrected chi connectivity index (χ4v) is 4.61. The van der Waals surface area contributed by atoms with Crippen molar-refractivity contribution in [1.82, 2.24) is 4.98 Å². The number of ketones is 1. The Balaban J connectivity index is 1.85. The number of nitrogens with zero attached hydrogens (tertiary/aromatic N) is 2. The van der Waals surface area contributed by atoms with E-state index in [1.807, 2.05) is 26.0 Å². The molecule has 1 amide bonds. The number of aryl methyl sites for hydroxylation is 3. The van der Waals surface area contributed by atoms with Crippen molar-refractivity contribution in [3.05, 3.63) is 38.9 Å². The highest BCUT2D eigenvalue weighted by atomic mass is 35.5. The molecule has 0 N–H and O–H groups in total. The van der Waals surface area contributed by atoms with Crippen molar-refractivity contribution in [3.8, 4) is 5.75 Å². The minimum Gasteiger partial charge on any atom is -0.481 e. The van der Waals surface area contributed by atoms with Crippen molar-refractivity contribution in [2.45, 2.75) is 59.7 Å². The zero-order valence-corrected chi connectivity index (χ0v) is 19.5. The fourth-order valence-electron chi connectivity index (χ4n) is 3.53. The molecule has 1 saturated heterocycles. The van der Waals surface area contributed by atoms with Gasteiger partial charge in [-0.2, -0.15) is 0 Å². The molecule has 1 aliphatic rings. The van der Waals surface area contributed by atoms with Crippen LogP contribution in [0.3, 0.4) is 0 Å². The van der Waals surface area contributed by atoms with Gasteiger partial charge in [-0.1, -0.05) is 22.9 Å². The second-order valence-electron chi connectivity index (χ2n) is 7.68. The minimum absolute atomic E-state index is 0.0499. The number of benzene rings is 1. The van der Waals surface area contributed by atoms with Gasteiger partial charge in [0.1, 0.15) is 5.75 Å². The molecule has 1 aromatic carbocycles. The fraction of sp³-hybridized carbons (Fsp3) is 0.500. The Bertz CT molecular complexity index is 930. The van der Waals surface area contributed by atoms with Gasteiger partial charge in [0.2, 0.25) is 0 Å². The van der Waals surface area contributed by atoms with Gasteiger partial charge in [0.05, 0.1) is 23.2 Å². The van der Waals surface area contributed by atoms with E-state index in [1.54, 1.807) is 18.7 Å². The Kier molecular flexibility index (Phi) is 7.16. The van der Waals surface area contributed by atoms with E-state index in [4.69, 9.17) is 21.1 Å². The van der Waals surface area contributed by atoms with Gasteiger partial charge >= 0.3 is 0 Å². The Morgan fingerprint density at radius 3 is 2.53 bits per heavy atom. The number of hydrogen-bond donors (Lipinski definition) is 0. The average molecular weight is 451 g/mol. The summed E-state index contributed by atoms with van der Waals surface area (Å²) < 4.78 is 11.7. The third kappa shape index (κ3) is 5.02. The van der Waals surface area contributed by atoms with Crippen molar-refractivity contribution < 1.29 is 19.1 Å². The number of halogens is 1. The molecule has 162 valence electrons. The van der Waals surface area contributed by atoms with Crippen molar-refractivity contribution in [1.29, 1.82) is 0 Å². The second kappa shape index (κ2) is 9.45. The van der Waals surface area contributed by atoms with E-state index < -0.39 is 6.10 Å². The molecule has 0 saturated carbocycles. The molecule has 1 aromatic heterocycles. The lowest BCUT2D eigenvalue weighted by molar-refractivity contribution is -0.125. The van der Waals surface area contributed by atoms with Gasteiger partial charge in [0.25, 0.3) is 5.91 Å². The Labute approximate surface area is 186 Å². The lowest BCUT2D eigenvalue weighted by Gasteiger charge is -2.26. The standard InChI is InChI=1S/C22H27ClN2O4S/c1-12-9-18(10-13(2)19(12)23)29-16(5)21(27)25(11-17-7-6-8-28-17)22-24-14(3)20(30-22)15(4)26/h9-10,16-17H,6-8,11H2,1-5H3/t16-,17-/m1/s1. The highest BCUT2D eigenvalue weighted by molar-refractivity contribution is 7.17. The molecular weight excluding hydrogens is 424 g/mol. The topological polar surface area (TPSA) is 68.7 Å². The lowest BCUT2D eigenvalue weighted by atomic mass is 10.1. The van der Waals surface area contributed by atoms with Crippen molar-refractivity contribution >= 4 is 39.8 Å². The van der Waals surface area contributed by atoms with Crippen LogP contribution in [0.4, 0.5) is 5.13 Å². The van der Waals surface area contributed by atoms with E-state index in [1.165, 1.54) is 18.3 Å². The van der Waals surface area contributed by atoms with E-state index in [9.17, 15) is 9.59 Å². The first kappa shape index (κ1) is 22.7. The van der Waals surface area contributed by atoms with Crippen LogP contribution >= 0.6 is 22.9 Å². The largest absolute Gasteiger partial charge is 0.481 e. The molecule has 6 nitrogen and oxygen atoms in total. The molecule has 8 heteroatoms. The highest BCUT2D eigenvalue weighted by Gasteiger charge is 2.31. The molecule has 1 aliphatic heterocycles. The van der Waals surface area contributed by atoms with Crippen LogP contribution < -0.4 is 9.64 Å². The van der Waals surface area contributed by atoms with Gasteiger partial charge in [-0.15, -0.1) is 0 Å². The normalized spacial score (nSPS) is 17.1. The summed E-state index contributed by atoms with van der Waals surface area (Å²) in [4.78, 5) is 31.9. The molecular formula is C22H27ClN2O4S. The van der Waals surface area contributed by atoms with Gasteiger partial charge in [0, 0.05) is 18.6 Å². The predicted octanol–water partition coefficient (Wildman–Crippen LogP) is 4.90. The van der Waals surface area contributed by atoms with Gasteiger partial charge in [-0.05, 0) is 63.8 Å². The van der Waals surface area contributed by atoms with Gasteiger partial charge in [-0.25, -0.2) is 4.98 Å². The van der Waals surface area contributed by atoms with Gasteiger partial charge in [-0.3, -0.25) is 14.5 Å². The minimum atomic E-state index is -0.739. The number of rotatable bonds is 7. The Hall–Kier alpha value is -1.96. The lowest BCUT2D eigenvalue weighted by Crippen LogP contribution is -2.44. The first-order valence-electron chi connectivity index (χ1n) is 10.0. The monoisotopic (exact) mass is 450 g/mol. The van der Waals surface area contributed by atoms with Crippen molar-refractivity contribution in [2.75, 3.05) is 18.1 Å². The number of thiazole rings is 1. The number of ether oxygens (including phenoxy) is 2. The van der Waals surface area contributed by atoms with E-state index in [0.717, 1.165) is 24.0 Å². The zero-order chi connectivity index (χ0) is 22.0. The Morgan fingerprint density at radius 1 is 1.33 bits per heavy atom. The molecule has 0 spiro atoms. The summed E-state index contributed by atoms with van der Waals surface area (Å²) in [5.41, 5.74) is 2.42. The molecule has 2 atom stereocenters. The smallest absolute Gasteiger partial charge is 0.269 e. The first-order chi connectivity index (χ1) is 14.2.